The first kappa shape index (κ1) is 13.7. The SMILES string of the molecule is CCCc1c(Cl)ncnc1NCc1cnccc1C. The molecule has 5 heteroatoms. The number of hydrogen-bond donors (Lipinski definition) is 1. The molecule has 19 heavy (non-hydrogen) atoms. The number of aromatic nitrogens is 3. The second kappa shape index (κ2) is 6.48. The molecule has 2 heterocycles. The Labute approximate surface area is 118 Å². The number of rotatable bonds is 5. The summed E-state index contributed by atoms with van der Waals surface area (Å²) >= 11 is 6.12. The summed E-state index contributed by atoms with van der Waals surface area (Å²) in [7, 11) is 0. The van der Waals surface area contributed by atoms with E-state index < -0.39 is 0 Å². The average molecular weight is 277 g/mol. The zero-order valence-corrected chi connectivity index (χ0v) is 11.9. The third-order valence-corrected chi connectivity index (χ3v) is 3.31. The first-order valence-electron chi connectivity index (χ1n) is 6.35. The first-order valence-corrected chi connectivity index (χ1v) is 6.73. The van der Waals surface area contributed by atoms with Crippen LogP contribution < -0.4 is 5.32 Å². The number of nitrogens with one attached hydrogen (secondary N) is 1. The van der Waals surface area contributed by atoms with Gasteiger partial charge in [0, 0.05) is 24.5 Å². The lowest BCUT2D eigenvalue weighted by atomic mass is 10.1. The third-order valence-electron chi connectivity index (χ3n) is 2.99. The van der Waals surface area contributed by atoms with Crippen LogP contribution in [-0.4, -0.2) is 15.0 Å². The van der Waals surface area contributed by atoms with Gasteiger partial charge in [-0.25, -0.2) is 9.97 Å². The van der Waals surface area contributed by atoms with Gasteiger partial charge in [0.25, 0.3) is 0 Å². The van der Waals surface area contributed by atoms with E-state index in [0.717, 1.165) is 29.8 Å². The number of aryl methyl sites for hydroxylation is 1. The molecule has 2 aromatic heterocycles. The Morgan fingerprint density at radius 1 is 1.32 bits per heavy atom. The van der Waals surface area contributed by atoms with Crippen LogP contribution in [0.2, 0.25) is 5.15 Å². The summed E-state index contributed by atoms with van der Waals surface area (Å²) in [6, 6.07) is 2.00. The van der Waals surface area contributed by atoms with Gasteiger partial charge >= 0.3 is 0 Å². The summed E-state index contributed by atoms with van der Waals surface area (Å²) in [4.78, 5) is 12.4. The molecule has 0 aliphatic rings. The Morgan fingerprint density at radius 3 is 2.89 bits per heavy atom. The van der Waals surface area contributed by atoms with Crippen LogP contribution in [-0.2, 0) is 13.0 Å². The molecule has 4 nitrogen and oxygen atoms in total. The molecule has 0 aliphatic heterocycles. The quantitative estimate of drug-likeness (QED) is 0.851. The summed E-state index contributed by atoms with van der Waals surface area (Å²) in [5.41, 5.74) is 3.34. The summed E-state index contributed by atoms with van der Waals surface area (Å²) in [5.74, 6) is 0.810. The van der Waals surface area contributed by atoms with Gasteiger partial charge in [-0.15, -0.1) is 0 Å². The van der Waals surface area contributed by atoms with Gasteiger partial charge < -0.3 is 5.32 Å². The van der Waals surface area contributed by atoms with Crippen molar-refractivity contribution < 1.29 is 0 Å². The largest absolute Gasteiger partial charge is 0.366 e. The lowest BCUT2D eigenvalue weighted by molar-refractivity contribution is 0.896. The highest BCUT2D eigenvalue weighted by Gasteiger charge is 2.09. The molecule has 0 saturated heterocycles. The van der Waals surface area contributed by atoms with Crippen molar-refractivity contribution in [1.82, 2.24) is 15.0 Å². The molecule has 0 amide bonds. The molecule has 1 N–H and O–H groups in total. The van der Waals surface area contributed by atoms with Crippen molar-refractivity contribution in [2.24, 2.45) is 0 Å². The van der Waals surface area contributed by atoms with Gasteiger partial charge in [-0.2, -0.15) is 0 Å². The van der Waals surface area contributed by atoms with E-state index in [0.29, 0.717) is 11.7 Å². The summed E-state index contributed by atoms with van der Waals surface area (Å²) in [5, 5.41) is 3.85. The number of halogens is 1. The molecule has 2 aromatic rings. The van der Waals surface area contributed by atoms with Crippen LogP contribution in [0, 0.1) is 6.92 Å². The molecule has 100 valence electrons. The van der Waals surface area contributed by atoms with E-state index in [2.05, 4.69) is 34.1 Å². The maximum absolute atomic E-state index is 6.12. The van der Waals surface area contributed by atoms with Gasteiger partial charge in [0.15, 0.2) is 0 Å². The standard InChI is InChI=1S/C14H17ClN4/c1-3-4-12-13(15)18-9-19-14(12)17-8-11-7-16-6-5-10(11)2/h5-7,9H,3-4,8H2,1-2H3,(H,17,18,19). The second-order valence-corrected chi connectivity index (χ2v) is 4.76. The Kier molecular flexibility index (Phi) is 4.68. The lowest BCUT2D eigenvalue weighted by Crippen LogP contribution is -2.07. The van der Waals surface area contributed by atoms with Gasteiger partial charge in [-0.3, -0.25) is 4.98 Å². The average Bonchev–Trinajstić information content (AvgIpc) is 2.41. The Balaban J connectivity index is 2.16. The van der Waals surface area contributed by atoms with E-state index in [1.54, 1.807) is 6.20 Å². The van der Waals surface area contributed by atoms with E-state index >= 15 is 0 Å². The van der Waals surface area contributed by atoms with E-state index in [1.165, 1.54) is 11.9 Å². The monoisotopic (exact) mass is 276 g/mol. The van der Waals surface area contributed by atoms with Crippen LogP contribution in [0.3, 0.4) is 0 Å². The van der Waals surface area contributed by atoms with Crippen molar-refractivity contribution in [1.29, 1.82) is 0 Å². The van der Waals surface area contributed by atoms with Crippen molar-refractivity contribution in [2.75, 3.05) is 5.32 Å². The molecule has 0 aromatic carbocycles. The fourth-order valence-electron chi connectivity index (χ4n) is 1.88. The second-order valence-electron chi connectivity index (χ2n) is 4.40. The molecule has 0 spiro atoms. The van der Waals surface area contributed by atoms with Crippen LogP contribution in [0.4, 0.5) is 5.82 Å². The first-order chi connectivity index (χ1) is 9.22. The maximum atomic E-state index is 6.12. The highest BCUT2D eigenvalue weighted by Crippen LogP contribution is 2.22. The zero-order valence-electron chi connectivity index (χ0n) is 11.2. The Morgan fingerprint density at radius 2 is 2.16 bits per heavy atom. The van der Waals surface area contributed by atoms with Gasteiger partial charge in [0.05, 0.1) is 0 Å². The highest BCUT2D eigenvalue weighted by molar-refractivity contribution is 6.30. The van der Waals surface area contributed by atoms with Crippen molar-refractivity contribution in [3.63, 3.8) is 0 Å². The fourth-order valence-corrected chi connectivity index (χ4v) is 2.10. The molecule has 0 saturated carbocycles. The fraction of sp³-hybridized carbons (Fsp3) is 0.357. The number of anilines is 1. The molecule has 0 radical (unpaired) electrons. The molecule has 0 bridgehead atoms. The van der Waals surface area contributed by atoms with E-state index in [4.69, 9.17) is 11.6 Å². The van der Waals surface area contributed by atoms with Gasteiger partial charge in [-0.05, 0) is 30.5 Å². The molecule has 2 rings (SSSR count). The highest BCUT2D eigenvalue weighted by atomic mass is 35.5. The van der Waals surface area contributed by atoms with Crippen LogP contribution in [0.1, 0.15) is 30.0 Å². The van der Waals surface area contributed by atoms with Crippen LogP contribution >= 0.6 is 11.6 Å². The smallest absolute Gasteiger partial charge is 0.137 e. The molecule has 0 unspecified atom stereocenters. The normalized spacial score (nSPS) is 10.5. The summed E-state index contributed by atoms with van der Waals surface area (Å²) in [6.45, 7) is 4.86. The van der Waals surface area contributed by atoms with Crippen molar-refractivity contribution >= 4 is 17.4 Å². The predicted octanol–water partition coefficient (Wildman–Crippen LogP) is 3.40. The van der Waals surface area contributed by atoms with Gasteiger partial charge in [0.2, 0.25) is 0 Å². The third kappa shape index (κ3) is 3.41. The van der Waals surface area contributed by atoms with E-state index in [-0.39, 0.29) is 0 Å². The predicted molar refractivity (Wildman–Crippen MR) is 77.3 cm³/mol. The van der Waals surface area contributed by atoms with Gasteiger partial charge in [0.1, 0.15) is 17.3 Å². The maximum Gasteiger partial charge on any atom is 0.137 e. The van der Waals surface area contributed by atoms with Crippen molar-refractivity contribution in [2.45, 2.75) is 33.2 Å². The Hall–Kier alpha value is -1.68. The minimum Gasteiger partial charge on any atom is -0.366 e. The van der Waals surface area contributed by atoms with Crippen LogP contribution in [0.15, 0.2) is 24.8 Å². The number of nitrogens with zero attached hydrogens (tertiary/aromatic N) is 3. The lowest BCUT2D eigenvalue weighted by Gasteiger charge is -2.12. The van der Waals surface area contributed by atoms with Crippen molar-refractivity contribution in [3.05, 3.63) is 46.6 Å². The molecule has 0 fully saturated rings. The summed E-state index contributed by atoms with van der Waals surface area (Å²) in [6.07, 6.45) is 7.02. The minimum absolute atomic E-state index is 0.530. The Bertz CT molecular complexity index is 557. The van der Waals surface area contributed by atoms with E-state index in [1.807, 2.05) is 12.3 Å². The topological polar surface area (TPSA) is 50.7 Å². The number of pyridine rings is 1. The van der Waals surface area contributed by atoms with Crippen LogP contribution in [0.25, 0.3) is 0 Å². The summed E-state index contributed by atoms with van der Waals surface area (Å²) < 4.78 is 0. The zero-order chi connectivity index (χ0) is 13.7. The van der Waals surface area contributed by atoms with Crippen molar-refractivity contribution in [3.8, 4) is 0 Å². The number of hydrogen-bond acceptors (Lipinski definition) is 4. The molecular weight excluding hydrogens is 260 g/mol. The molecule has 0 atom stereocenters. The molecule has 0 aliphatic carbocycles. The minimum atomic E-state index is 0.530. The van der Waals surface area contributed by atoms with Crippen LogP contribution in [0.5, 0.6) is 0 Å². The molecular formula is C14H17ClN4. The van der Waals surface area contributed by atoms with Gasteiger partial charge in [-0.1, -0.05) is 24.9 Å². The van der Waals surface area contributed by atoms with E-state index in [9.17, 15) is 0 Å².